The molecule has 0 fully saturated rings. The fraction of sp³-hybridized carbons (Fsp3) is 0. The molecule has 0 saturated carbocycles. The van der Waals surface area contributed by atoms with E-state index in [1.807, 2.05) is 30.3 Å². The Balaban J connectivity index is 0.000000187. The van der Waals surface area contributed by atoms with Gasteiger partial charge in [0.25, 0.3) is 0 Å². The van der Waals surface area contributed by atoms with E-state index in [-0.39, 0.29) is 0 Å². The van der Waals surface area contributed by atoms with E-state index < -0.39 is 0 Å². The van der Waals surface area contributed by atoms with Crippen LogP contribution in [0.2, 0.25) is 0 Å². The van der Waals surface area contributed by atoms with Crippen molar-refractivity contribution in [2.75, 3.05) is 0 Å². The van der Waals surface area contributed by atoms with Gasteiger partial charge in [0.2, 0.25) is 0 Å². The van der Waals surface area contributed by atoms with Gasteiger partial charge in [-0.2, -0.15) is 36.4 Å². The first-order valence-corrected chi connectivity index (χ1v) is 12.0. The quantitative estimate of drug-likeness (QED) is 0.377. The van der Waals surface area contributed by atoms with Crippen molar-refractivity contribution in [3.8, 4) is 0 Å². The van der Waals surface area contributed by atoms with E-state index in [1.54, 1.807) is 0 Å². The van der Waals surface area contributed by atoms with Crippen LogP contribution in [0.25, 0.3) is 0 Å². The second-order valence-corrected chi connectivity index (χ2v) is 13.8. The van der Waals surface area contributed by atoms with Crippen LogP contribution in [0.1, 0.15) is 0 Å². The van der Waals surface area contributed by atoms with Gasteiger partial charge >= 0.3 is 55.5 Å². The molecule has 0 nitrogen and oxygen atoms in total. The Bertz CT molecular complexity index is 93.9. The summed E-state index contributed by atoms with van der Waals surface area (Å²) in [7, 11) is 0. The summed E-state index contributed by atoms with van der Waals surface area (Å²) < 4.78 is 0. The summed E-state index contributed by atoms with van der Waals surface area (Å²) in [5, 5.41) is 0. The van der Waals surface area contributed by atoms with Gasteiger partial charge in [0.05, 0.1) is 0 Å². The van der Waals surface area contributed by atoms with Gasteiger partial charge in [-0.3, -0.25) is 0 Å². The standard InChI is InChI=1S/C6H5.2HI.Yb/c1-2-4-6-5-3-1;;;/h1-5H;2*1H;/q-1;;;+2/p-2. The Hall–Kier alpha value is 2.20. The molecule has 1 aromatic rings. The maximum Gasteiger partial charge on any atom is -0.171 e. The molecule has 0 radical (unpaired) electrons. The predicted octanol–water partition coefficient (Wildman–Crippen LogP) is 3.26. The van der Waals surface area contributed by atoms with Gasteiger partial charge in [-0.05, 0) is 0 Å². The van der Waals surface area contributed by atoms with E-state index in [1.165, 1.54) is 0 Å². The maximum absolute atomic E-state index is 2.89. The van der Waals surface area contributed by atoms with Gasteiger partial charge < -0.3 is 0 Å². The first kappa shape index (κ1) is 11.2. The molecule has 0 spiro atoms. The number of benzene rings is 1. The molecule has 0 saturated heterocycles. The van der Waals surface area contributed by atoms with Crippen molar-refractivity contribution in [1.82, 2.24) is 0 Å². The third-order valence-electron chi connectivity index (χ3n) is 0.607. The monoisotopic (exact) mass is 505 g/mol. The van der Waals surface area contributed by atoms with E-state index in [9.17, 15) is 0 Å². The van der Waals surface area contributed by atoms with Crippen molar-refractivity contribution in [1.29, 1.82) is 0 Å². The third kappa shape index (κ3) is 10.2. The molecule has 0 amide bonds. The van der Waals surface area contributed by atoms with Crippen molar-refractivity contribution in [2.24, 2.45) is 0 Å². The zero-order valence-corrected chi connectivity index (χ0v) is 10.4. The summed E-state index contributed by atoms with van der Waals surface area (Å²) in [4.78, 5) is 0. The van der Waals surface area contributed by atoms with Crippen LogP contribution in [-0.2, 0) is 0 Å². The largest absolute Gasteiger partial charge is 0.184 e. The Morgan fingerprint density at radius 3 is 1.56 bits per heavy atom. The van der Waals surface area contributed by atoms with Crippen LogP contribution in [-0.4, -0.2) is 0 Å². The Kier molecular flexibility index (Phi) is 12.7. The zero-order chi connectivity index (χ0) is 6.95. The summed E-state index contributed by atoms with van der Waals surface area (Å²) in [6.45, 7) is 0. The van der Waals surface area contributed by atoms with E-state index in [4.69, 9.17) is 0 Å². The molecule has 1 aromatic carbocycles. The van der Waals surface area contributed by atoms with E-state index in [0.29, 0.717) is 0 Å². The molecule has 0 bridgehead atoms. The summed E-state index contributed by atoms with van der Waals surface area (Å²) >= 11 is 5.52. The zero-order valence-electron chi connectivity index (χ0n) is 4.41. The van der Waals surface area contributed by atoms with E-state index in [2.05, 4.69) is 31.1 Å². The summed E-state index contributed by atoms with van der Waals surface area (Å²) in [5.74, 6) is 0. The van der Waals surface area contributed by atoms with Crippen molar-refractivity contribution >= 4 is 25.0 Å². The fourth-order valence-electron chi connectivity index (χ4n) is 0.342. The number of hydrogen-bond donors (Lipinski definition) is 0. The van der Waals surface area contributed by atoms with E-state index in [0.717, 1.165) is 30.5 Å². The van der Waals surface area contributed by atoms with E-state index >= 15 is 0 Å². The topological polar surface area (TPSA) is 0 Å². The number of hydrogen-bond acceptors (Lipinski definition) is 0. The smallest absolute Gasteiger partial charge is 0.171 e. The SMILES string of the molecule is [I][Yb][I].[c-]1ccccc1. The van der Waals surface area contributed by atoms with Gasteiger partial charge in [-0.25, -0.2) is 0 Å². The molecular weight excluding hydrogens is 499 g/mol. The Labute approximate surface area is 89.1 Å². The Morgan fingerprint density at radius 1 is 1.00 bits per heavy atom. The van der Waals surface area contributed by atoms with Crippen LogP contribution in [0.3, 0.4) is 0 Å². The van der Waals surface area contributed by atoms with Crippen molar-refractivity contribution in [3.05, 3.63) is 36.4 Å². The van der Waals surface area contributed by atoms with Crippen LogP contribution in [0.4, 0.5) is 0 Å². The molecule has 0 unspecified atom stereocenters. The predicted molar refractivity (Wildman–Crippen MR) is 53.3 cm³/mol. The molecule has 3 heteroatoms. The van der Waals surface area contributed by atoms with Crippen LogP contribution in [0.15, 0.2) is 30.3 Å². The average molecular weight is 504 g/mol. The normalized spacial score (nSPS) is 7.78. The van der Waals surface area contributed by atoms with Gasteiger partial charge in [-0.15, -0.1) is 0 Å². The fourth-order valence-corrected chi connectivity index (χ4v) is 0.342. The number of rotatable bonds is 0. The third-order valence-corrected chi connectivity index (χ3v) is 0.607. The summed E-state index contributed by atoms with van der Waals surface area (Å²) in [5.41, 5.74) is 0. The first-order valence-electron chi connectivity index (χ1n) is 2.11. The van der Waals surface area contributed by atoms with Gasteiger partial charge in [0, 0.05) is 0 Å². The van der Waals surface area contributed by atoms with Crippen LogP contribution in [0.5, 0.6) is 0 Å². The Morgan fingerprint density at radius 2 is 1.44 bits per heavy atom. The molecular formula is C6H5I2Yb-. The molecule has 0 aromatic heterocycles. The van der Waals surface area contributed by atoms with Crippen LogP contribution < -0.4 is 0 Å². The molecule has 0 atom stereocenters. The van der Waals surface area contributed by atoms with Crippen LogP contribution >= 0.6 is 25.0 Å². The summed E-state index contributed by atoms with van der Waals surface area (Å²) in [6.07, 6.45) is 0. The molecule has 0 N–H and O–H groups in total. The number of halogens is 2. The molecule has 0 aliphatic rings. The van der Waals surface area contributed by atoms with Crippen LogP contribution in [0, 0.1) is 36.6 Å². The molecule has 0 heterocycles. The molecule has 1 rings (SSSR count). The maximum atomic E-state index is 2.89. The van der Waals surface area contributed by atoms with Crippen molar-refractivity contribution < 1.29 is 30.5 Å². The molecule has 0 aliphatic carbocycles. The van der Waals surface area contributed by atoms with Crippen molar-refractivity contribution in [2.45, 2.75) is 0 Å². The second kappa shape index (κ2) is 10.2. The summed E-state index contributed by atoms with van der Waals surface area (Å²) in [6, 6.07) is 12.5. The first-order chi connectivity index (χ1) is 4.41. The van der Waals surface area contributed by atoms with Gasteiger partial charge in [-0.1, -0.05) is 0 Å². The second-order valence-electron chi connectivity index (χ2n) is 1.12. The molecule has 9 heavy (non-hydrogen) atoms. The minimum Gasteiger partial charge on any atom is -0.184 e. The minimum atomic E-state index is 0.857. The molecule has 0 aliphatic heterocycles. The molecule has 58 valence electrons. The minimum absolute atomic E-state index is 0.857. The average Bonchev–Trinajstić information content (AvgIpc) is 1.93. The van der Waals surface area contributed by atoms with Gasteiger partial charge in [0.15, 0.2) is 0 Å². The van der Waals surface area contributed by atoms with Crippen molar-refractivity contribution in [3.63, 3.8) is 0 Å². The van der Waals surface area contributed by atoms with Gasteiger partial charge in [0.1, 0.15) is 0 Å².